The topological polar surface area (TPSA) is 81.9 Å². The van der Waals surface area contributed by atoms with Gasteiger partial charge in [0.2, 0.25) is 11.2 Å². The zero-order chi connectivity index (χ0) is 15.2. The maximum atomic E-state index is 6.01. The third kappa shape index (κ3) is 3.85. The first-order valence-corrected chi connectivity index (χ1v) is 7.05. The van der Waals surface area contributed by atoms with E-state index >= 15 is 0 Å². The van der Waals surface area contributed by atoms with Crippen molar-refractivity contribution in [1.29, 1.82) is 0 Å². The second-order valence-electron chi connectivity index (χ2n) is 4.49. The van der Waals surface area contributed by atoms with Crippen LogP contribution in [-0.2, 0) is 4.74 Å². The molecule has 0 radical (unpaired) electrons. The van der Waals surface area contributed by atoms with Gasteiger partial charge >= 0.3 is 0 Å². The Morgan fingerprint density at radius 2 is 2.19 bits per heavy atom. The van der Waals surface area contributed by atoms with Gasteiger partial charge in [0.25, 0.3) is 5.95 Å². The Kier molecular flexibility index (Phi) is 5.40. The number of nitrogens with zero attached hydrogens (tertiary/aromatic N) is 7. The van der Waals surface area contributed by atoms with Crippen LogP contribution in [0.3, 0.4) is 0 Å². The van der Waals surface area contributed by atoms with Crippen LogP contribution < -0.4 is 4.90 Å². The Hall–Kier alpha value is -1.80. The summed E-state index contributed by atoms with van der Waals surface area (Å²) >= 11 is 6.01. The fourth-order valence-corrected chi connectivity index (χ4v) is 1.95. The van der Waals surface area contributed by atoms with Crippen molar-refractivity contribution in [3.05, 3.63) is 17.9 Å². The molecule has 0 fully saturated rings. The first-order valence-electron chi connectivity index (χ1n) is 6.67. The molecule has 0 aromatic carbocycles. The van der Waals surface area contributed by atoms with Crippen LogP contribution in [0.25, 0.3) is 5.95 Å². The molecular formula is C12H18ClN7O. The summed E-state index contributed by atoms with van der Waals surface area (Å²) < 4.78 is 6.59. The second kappa shape index (κ2) is 7.28. The van der Waals surface area contributed by atoms with Crippen LogP contribution in [0.1, 0.15) is 20.3 Å². The smallest absolute Gasteiger partial charge is 0.258 e. The van der Waals surface area contributed by atoms with Crippen molar-refractivity contribution in [2.24, 2.45) is 0 Å². The van der Waals surface area contributed by atoms with Crippen molar-refractivity contribution < 1.29 is 4.74 Å². The molecule has 2 heterocycles. The van der Waals surface area contributed by atoms with Gasteiger partial charge in [0, 0.05) is 19.7 Å². The van der Waals surface area contributed by atoms with Crippen molar-refractivity contribution in [2.45, 2.75) is 26.3 Å². The van der Waals surface area contributed by atoms with Crippen LogP contribution in [-0.4, -0.2) is 56.0 Å². The number of hydrogen-bond donors (Lipinski definition) is 0. The number of anilines is 1. The minimum absolute atomic E-state index is 0.121. The molecule has 1 atom stereocenters. The van der Waals surface area contributed by atoms with Gasteiger partial charge in [-0.3, -0.25) is 0 Å². The van der Waals surface area contributed by atoms with Crippen molar-refractivity contribution in [1.82, 2.24) is 29.7 Å². The van der Waals surface area contributed by atoms with Gasteiger partial charge in [0.05, 0.1) is 6.61 Å². The predicted octanol–water partition coefficient (Wildman–Crippen LogP) is 1.36. The first kappa shape index (κ1) is 15.6. The Morgan fingerprint density at radius 3 is 2.81 bits per heavy atom. The third-order valence-electron chi connectivity index (χ3n) is 3.12. The lowest BCUT2D eigenvalue weighted by Crippen LogP contribution is -2.37. The number of hydrogen-bond acceptors (Lipinski definition) is 7. The number of rotatable bonds is 7. The van der Waals surface area contributed by atoms with Crippen LogP contribution in [0.5, 0.6) is 0 Å². The highest BCUT2D eigenvalue weighted by Gasteiger charge is 2.18. The molecule has 2 rings (SSSR count). The van der Waals surface area contributed by atoms with E-state index in [1.165, 1.54) is 17.3 Å². The molecule has 0 aliphatic rings. The summed E-state index contributed by atoms with van der Waals surface area (Å²) in [5.41, 5.74) is 0. The van der Waals surface area contributed by atoms with Gasteiger partial charge in [-0.15, -0.1) is 0 Å². The Labute approximate surface area is 128 Å². The fraction of sp³-hybridized carbons (Fsp3) is 0.583. The largest absolute Gasteiger partial charge is 0.383 e. The molecule has 0 saturated carbocycles. The fourth-order valence-electron chi connectivity index (χ4n) is 1.80. The summed E-state index contributed by atoms with van der Waals surface area (Å²) in [4.78, 5) is 18.6. The van der Waals surface area contributed by atoms with Crippen molar-refractivity contribution in [3.63, 3.8) is 0 Å². The summed E-state index contributed by atoms with van der Waals surface area (Å²) in [7, 11) is 1.66. The lowest BCUT2D eigenvalue weighted by Gasteiger charge is -2.28. The predicted molar refractivity (Wildman–Crippen MR) is 78.7 cm³/mol. The summed E-state index contributed by atoms with van der Waals surface area (Å²) in [5.74, 6) is 0.847. The lowest BCUT2D eigenvalue weighted by molar-refractivity contribution is 0.203. The number of ether oxygens (including phenoxy) is 1. The third-order valence-corrected chi connectivity index (χ3v) is 3.29. The quantitative estimate of drug-likeness (QED) is 0.763. The monoisotopic (exact) mass is 311 g/mol. The molecule has 0 aliphatic carbocycles. The van der Waals surface area contributed by atoms with Gasteiger partial charge in [-0.05, 0) is 24.9 Å². The molecule has 21 heavy (non-hydrogen) atoms. The zero-order valence-electron chi connectivity index (χ0n) is 12.3. The van der Waals surface area contributed by atoms with Crippen LogP contribution in [0.4, 0.5) is 5.95 Å². The van der Waals surface area contributed by atoms with Crippen LogP contribution >= 0.6 is 11.6 Å². The van der Waals surface area contributed by atoms with Gasteiger partial charge < -0.3 is 9.64 Å². The Balaban J connectivity index is 2.35. The normalized spacial score (nSPS) is 12.4. The van der Waals surface area contributed by atoms with Crippen molar-refractivity contribution in [3.8, 4) is 5.95 Å². The Bertz CT molecular complexity index is 563. The van der Waals surface area contributed by atoms with Gasteiger partial charge in [-0.2, -0.15) is 24.7 Å². The molecule has 0 bridgehead atoms. The average Bonchev–Trinajstić information content (AvgIpc) is 3.01. The summed E-state index contributed by atoms with van der Waals surface area (Å²) in [5, 5.41) is 4.13. The zero-order valence-corrected chi connectivity index (χ0v) is 13.0. The van der Waals surface area contributed by atoms with E-state index in [-0.39, 0.29) is 11.3 Å². The first-order chi connectivity index (χ1) is 10.2. The molecule has 8 nitrogen and oxygen atoms in total. The molecule has 9 heteroatoms. The van der Waals surface area contributed by atoms with Crippen molar-refractivity contribution >= 4 is 17.5 Å². The number of halogens is 1. The van der Waals surface area contributed by atoms with E-state index in [1.807, 2.05) is 4.90 Å². The molecule has 114 valence electrons. The van der Waals surface area contributed by atoms with Gasteiger partial charge in [0.1, 0.15) is 12.7 Å². The van der Waals surface area contributed by atoms with Gasteiger partial charge in [-0.25, -0.2) is 4.98 Å². The van der Waals surface area contributed by atoms with Crippen molar-refractivity contribution in [2.75, 3.05) is 25.2 Å². The van der Waals surface area contributed by atoms with E-state index in [0.717, 1.165) is 6.42 Å². The summed E-state index contributed by atoms with van der Waals surface area (Å²) in [6, 6.07) is 0.252. The lowest BCUT2D eigenvalue weighted by atomic mass is 10.2. The molecule has 0 spiro atoms. The van der Waals surface area contributed by atoms with E-state index < -0.39 is 0 Å². The SMILES string of the molecule is CCC(C)N(CCOC)c1nc(Cl)nc(-n2cncn2)n1. The van der Waals surface area contributed by atoms with E-state index in [1.54, 1.807) is 7.11 Å². The highest BCUT2D eigenvalue weighted by atomic mass is 35.5. The maximum Gasteiger partial charge on any atom is 0.258 e. The molecule has 2 aromatic heterocycles. The molecule has 0 N–H and O–H groups in total. The van der Waals surface area contributed by atoms with Gasteiger partial charge in [-0.1, -0.05) is 6.92 Å². The summed E-state index contributed by atoms with van der Waals surface area (Å²) in [6.07, 6.45) is 3.87. The minimum atomic E-state index is 0.121. The Morgan fingerprint density at radius 1 is 1.38 bits per heavy atom. The molecule has 1 unspecified atom stereocenters. The number of aromatic nitrogens is 6. The standard InChI is InChI=1S/C12H18ClN7O/c1-4-9(2)19(5-6-21-3)11-16-10(13)17-12(18-11)20-8-14-7-15-20/h7-9H,4-6H2,1-3H3. The van der Waals surface area contributed by atoms with Crippen LogP contribution in [0, 0.1) is 0 Å². The molecular weight excluding hydrogens is 294 g/mol. The van der Waals surface area contributed by atoms with Crippen LogP contribution in [0.15, 0.2) is 12.7 Å². The maximum absolute atomic E-state index is 6.01. The second-order valence-corrected chi connectivity index (χ2v) is 4.83. The molecule has 0 saturated heterocycles. The van der Waals surface area contributed by atoms with E-state index in [2.05, 4.69) is 38.9 Å². The highest BCUT2D eigenvalue weighted by Crippen LogP contribution is 2.16. The molecule has 2 aromatic rings. The van der Waals surface area contributed by atoms with E-state index in [9.17, 15) is 0 Å². The molecule has 0 amide bonds. The minimum Gasteiger partial charge on any atom is -0.383 e. The average molecular weight is 312 g/mol. The van der Waals surface area contributed by atoms with E-state index in [4.69, 9.17) is 16.3 Å². The number of methoxy groups -OCH3 is 1. The van der Waals surface area contributed by atoms with Gasteiger partial charge in [0.15, 0.2) is 0 Å². The molecule has 0 aliphatic heterocycles. The summed E-state index contributed by atoms with van der Waals surface area (Å²) in [6.45, 7) is 5.45. The van der Waals surface area contributed by atoms with E-state index in [0.29, 0.717) is 25.0 Å². The van der Waals surface area contributed by atoms with Crippen LogP contribution in [0.2, 0.25) is 5.28 Å². The highest BCUT2D eigenvalue weighted by molar-refractivity contribution is 6.28.